The van der Waals surface area contributed by atoms with Crippen molar-refractivity contribution in [2.75, 3.05) is 6.61 Å². The van der Waals surface area contributed by atoms with Crippen LogP contribution in [0.25, 0.3) is 0 Å². The van der Waals surface area contributed by atoms with Gasteiger partial charge in [0.25, 0.3) is 0 Å². The number of hydrogen-bond donors (Lipinski definition) is 2. The van der Waals surface area contributed by atoms with E-state index in [-0.39, 0.29) is 47.1 Å². The molecule has 0 aliphatic heterocycles. The fraction of sp³-hybridized carbons (Fsp3) is 0.655. The second-order valence-corrected chi connectivity index (χ2v) is 11.3. The SMILES string of the molecule is C=C1CCC2C(C)(CCC=C(C)CO)C(OC(C)=O)CCC2(C)C1Cc1c(O)c(C)c(C)oc1=O. The predicted octanol–water partition coefficient (Wildman–Crippen LogP) is 5.54. The van der Waals surface area contributed by atoms with Gasteiger partial charge in [-0.15, -0.1) is 0 Å². The van der Waals surface area contributed by atoms with Gasteiger partial charge in [0.2, 0.25) is 0 Å². The number of carbonyl (C=O) groups is 1. The zero-order chi connectivity index (χ0) is 26.1. The second kappa shape index (κ2) is 10.3. The third-order valence-electron chi connectivity index (χ3n) is 9.12. The Kier molecular flexibility index (Phi) is 8.05. The number of rotatable bonds is 7. The summed E-state index contributed by atoms with van der Waals surface area (Å²) >= 11 is 0. The van der Waals surface area contributed by atoms with Crippen molar-refractivity contribution in [3.05, 3.63) is 51.1 Å². The number of aromatic hydroxyl groups is 1. The van der Waals surface area contributed by atoms with Gasteiger partial charge in [0.1, 0.15) is 17.6 Å². The summed E-state index contributed by atoms with van der Waals surface area (Å²) in [6.45, 7) is 15.8. The fourth-order valence-corrected chi connectivity index (χ4v) is 6.92. The van der Waals surface area contributed by atoms with Gasteiger partial charge in [0.15, 0.2) is 0 Å². The highest BCUT2D eigenvalue weighted by Crippen LogP contribution is 2.63. The number of allylic oxidation sites excluding steroid dienone is 2. The number of aliphatic hydroxyl groups excluding tert-OH is 1. The molecule has 2 aliphatic carbocycles. The van der Waals surface area contributed by atoms with Crippen LogP contribution in [0.4, 0.5) is 0 Å². The molecule has 1 heterocycles. The Bertz CT molecular complexity index is 1070. The molecule has 2 saturated carbocycles. The first-order valence-corrected chi connectivity index (χ1v) is 12.8. The van der Waals surface area contributed by atoms with E-state index in [1.54, 1.807) is 13.8 Å². The summed E-state index contributed by atoms with van der Waals surface area (Å²) in [5.41, 5.74) is 2.04. The van der Waals surface area contributed by atoms with Crippen molar-refractivity contribution in [1.29, 1.82) is 0 Å². The maximum absolute atomic E-state index is 12.8. The van der Waals surface area contributed by atoms with Gasteiger partial charge in [-0.2, -0.15) is 0 Å². The molecule has 1 aromatic heterocycles. The Hall–Kier alpha value is -2.34. The molecule has 5 atom stereocenters. The first-order valence-electron chi connectivity index (χ1n) is 12.8. The summed E-state index contributed by atoms with van der Waals surface area (Å²) in [7, 11) is 0. The van der Waals surface area contributed by atoms with E-state index >= 15 is 0 Å². The summed E-state index contributed by atoms with van der Waals surface area (Å²) in [6.07, 6.45) is 7.25. The highest BCUT2D eigenvalue weighted by molar-refractivity contribution is 5.66. The van der Waals surface area contributed by atoms with Crippen LogP contribution in [0.3, 0.4) is 0 Å². The molecule has 0 amide bonds. The molecule has 2 fully saturated rings. The molecule has 1 aromatic rings. The van der Waals surface area contributed by atoms with Crippen LogP contribution in [0.15, 0.2) is 33.0 Å². The van der Waals surface area contributed by atoms with Crippen LogP contribution in [0, 0.1) is 36.5 Å². The lowest BCUT2D eigenvalue weighted by Crippen LogP contribution is -2.57. The summed E-state index contributed by atoms with van der Waals surface area (Å²) in [4.78, 5) is 24.8. The summed E-state index contributed by atoms with van der Waals surface area (Å²) in [5, 5.41) is 20.2. The minimum absolute atomic E-state index is 0.00415. The second-order valence-electron chi connectivity index (χ2n) is 11.3. The van der Waals surface area contributed by atoms with Crippen molar-refractivity contribution < 1.29 is 24.2 Å². The standard InChI is InChI=1S/C29H42O6/c1-17(16-30)9-8-13-29(7)24-11-10-18(2)23(28(24,6)14-12-25(29)35-21(5)31)15-22-26(32)19(3)20(4)34-27(22)33/h9,23-25,30,32H,2,8,10-16H2,1,3-7H3. The molecular weight excluding hydrogens is 444 g/mol. The number of esters is 1. The molecule has 2 aliphatic rings. The molecule has 0 radical (unpaired) electrons. The third-order valence-corrected chi connectivity index (χ3v) is 9.12. The Labute approximate surface area is 209 Å². The van der Waals surface area contributed by atoms with Crippen LogP contribution in [0.5, 0.6) is 5.75 Å². The van der Waals surface area contributed by atoms with E-state index in [2.05, 4.69) is 26.5 Å². The van der Waals surface area contributed by atoms with Crippen molar-refractivity contribution in [1.82, 2.24) is 0 Å². The predicted molar refractivity (Wildman–Crippen MR) is 136 cm³/mol. The van der Waals surface area contributed by atoms with E-state index in [0.29, 0.717) is 23.3 Å². The molecule has 194 valence electrons. The highest BCUT2D eigenvalue weighted by atomic mass is 16.5. The molecule has 2 N–H and O–H groups in total. The normalized spacial score (nSPS) is 31.2. The minimum Gasteiger partial charge on any atom is -0.507 e. The number of carbonyl (C=O) groups excluding carboxylic acids is 1. The van der Waals surface area contributed by atoms with Crippen LogP contribution in [0.1, 0.15) is 83.1 Å². The van der Waals surface area contributed by atoms with Gasteiger partial charge in [-0.05, 0) is 83.0 Å². The van der Waals surface area contributed by atoms with Crippen molar-refractivity contribution in [2.45, 2.75) is 92.6 Å². The summed E-state index contributed by atoms with van der Waals surface area (Å²) in [6, 6.07) is 0. The van der Waals surface area contributed by atoms with Crippen LogP contribution in [-0.4, -0.2) is 28.9 Å². The molecule has 6 nitrogen and oxygen atoms in total. The van der Waals surface area contributed by atoms with Crippen LogP contribution in [-0.2, 0) is 16.0 Å². The topological polar surface area (TPSA) is 97.0 Å². The number of aryl methyl sites for hydroxylation is 1. The molecule has 0 bridgehead atoms. The Morgan fingerprint density at radius 3 is 2.57 bits per heavy atom. The molecule has 0 aromatic carbocycles. The van der Waals surface area contributed by atoms with Gasteiger partial charge in [-0.3, -0.25) is 4.79 Å². The molecular formula is C29H42O6. The number of ether oxygens (including phenoxy) is 1. The van der Waals surface area contributed by atoms with Crippen molar-refractivity contribution in [3.63, 3.8) is 0 Å². The van der Waals surface area contributed by atoms with Gasteiger partial charge in [0, 0.05) is 17.9 Å². The van der Waals surface area contributed by atoms with Gasteiger partial charge in [-0.25, -0.2) is 4.79 Å². The number of fused-ring (bicyclic) bond motifs is 1. The zero-order valence-corrected chi connectivity index (χ0v) is 22.2. The molecule has 0 saturated heterocycles. The van der Waals surface area contributed by atoms with E-state index in [0.717, 1.165) is 49.7 Å². The lowest BCUT2D eigenvalue weighted by atomic mass is 9.45. The highest BCUT2D eigenvalue weighted by Gasteiger charge is 2.58. The summed E-state index contributed by atoms with van der Waals surface area (Å²) < 4.78 is 11.3. The van der Waals surface area contributed by atoms with E-state index in [4.69, 9.17) is 9.15 Å². The quantitative estimate of drug-likeness (QED) is 0.388. The Morgan fingerprint density at radius 1 is 1.26 bits per heavy atom. The van der Waals surface area contributed by atoms with Gasteiger partial charge >= 0.3 is 11.6 Å². The van der Waals surface area contributed by atoms with Crippen molar-refractivity contribution >= 4 is 5.97 Å². The smallest absolute Gasteiger partial charge is 0.342 e. The number of aliphatic hydroxyl groups is 1. The third kappa shape index (κ3) is 5.13. The Morgan fingerprint density at radius 2 is 1.94 bits per heavy atom. The van der Waals surface area contributed by atoms with E-state index in [1.807, 2.05) is 6.92 Å². The van der Waals surface area contributed by atoms with Gasteiger partial charge in [0.05, 0.1) is 12.2 Å². The first-order chi connectivity index (χ1) is 16.3. The monoisotopic (exact) mass is 486 g/mol. The lowest BCUT2D eigenvalue weighted by molar-refractivity contribution is -0.178. The fourth-order valence-electron chi connectivity index (χ4n) is 6.92. The average Bonchev–Trinajstić information content (AvgIpc) is 2.78. The maximum atomic E-state index is 12.8. The molecule has 6 heteroatoms. The average molecular weight is 487 g/mol. The van der Waals surface area contributed by atoms with Gasteiger partial charge in [-0.1, -0.05) is 37.6 Å². The first kappa shape index (κ1) is 27.3. The molecule has 5 unspecified atom stereocenters. The zero-order valence-electron chi connectivity index (χ0n) is 22.2. The lowest BCUT2D eigenvalue weighted by Gasteiger charge is -2.61. The van der Waals surface area contributed by atoms with E-state index in [1.165, 1.54) is 6.92 Å². The number of hydrogen-bond acceptors (Lipinski definition) is 6. The molecule has 3 rings (SSSR count). The minimum atomic E-state index is -0.481. The maximum Gasteiger partial charge on any atom is 0.342 e. The van der Waals surface area contributed by atoms with Gasteiger partial charge < -0.3 is 19.4 Å². The molecule has 0 spiro atoms. The van der Waals surface area contributed by atoms with E-state index < -0.39 is 5.63 Å². The Balaban J connectivity index is 2.01. The van der Waals surface area contributed by atoms with Crippen LogP contribution in [0.2, 0.25) is 0 Å². The van der Waals surface area contributed by atoms with Crippen LogP contribution < -0.4 is 5.63 Å². The van der Waals surface area contributed by atoms with Crippen LogP contribution >= 0.6 is 0 Å². The van der Waals surface area contributed by atoms with Crippen molar-refractivity contribution in [2.24, 2.45) is 22.7 Å². The van der Waals surface area contributed by atoms with E-state index in [9.17, 15) is 19.8 Å². The summed E-state index contributed by atoms with van der Waals surface area (Å²) in [5.74, 6) is 0.444. The molecule has 35 heavy (non-hydrogen) atoms. The van der Waals surface area contributed by atoms with Crippen molar-refractivity contribution in [3.8, 4) is 5.75 Å². The largest absolute Gasteiger partial charge is 0.507 e.